The van der Waals surface area contributed by atoms with Crippen LogP contribution in [0.2, 0.25) is 0 Å². The third kappa shape index (κ3) is 2.18. The normalized spacial score (nSPS) is 17.4. The second kappa shape index (κ2) is 3.66. The predicted octanol–water partition coefficient (Wildman–Crippen LogP) is 1.05. The summed E-state index contributed by atoms with van der Waals surface area (Å²) < 4.78 is 5.56. The molecule has 0 aliphatic heterocycles. The molecule has 15 heavy (non-hydrogen) atoms. The van der Waals surface area contributed by atoms with Crippen molar-refractivity contribution in [2.24, 2.45) is 5.73 Å². The predicted molar refractivity (Wildman–Crippen MR) is 57.4 cm³/mol. The summed E-state index contributed by atoms with van der Waals surface area (Å²) in [7, 11) is 0. The molecule has 1 aromatic carbocycles. The zero-order valence-electron chi connectivity index (χ0n) is 8.82. The highest BCUT2D eigenvalue weighted by atomic mass is 16.5. The first-order valence-corrected chi connectivity index (χ1v) is 5.08. The summed E-state index contributed by atoms with van der Waals surface area (Å²) in [6.07, 6.45) is 1.72. The molecule has 2 N–H and O–H groups in total. The van der Waals surface area contributed by atoms with Crippen LogP contribution >= 0.6 is 0 Å². The van der Waals surface area contributed by atoms with Crippen molar-refractivity contribution in [2.45, 2.75) is 25.4 Å². The van der Waals surface area contributed by atoms with E-state index in [1.165, 1.54) is 11.1 Å². The molecule has 3 nitrogen and oxygen atoms in total. The van der Waals surface area contributed by atoms with Crippen LogP contribution in [0.25, 0.3) is 0 Å². The van der Waals surface area contributed by atoms with E-state index < -0.39 is 5.91 Å². The van der Waals surface area contributed by atoms with Crippen molar-refractivity contribution in [1.82, 2.24) is 0 Å². The molecule has 3 heteroatoms. The Hall–Kier alpha value is -1.35. The van der Waals surface area contributed by atoms with Crippen molar-refractivity contribution in [3.63, 3.8) is 0 Å². The molecule has 0 heterocycles. The maximum Gasteiger partial charge on any atom is 0.243 e. The molecule has 0 saturated heterocycles. The Kier molecular flexibility index (Phi) is 2.49. The number of fused-ring (bicyclic) bond motifs is 1. The van der Waals surface area contributed by atoms with Crippen molar-refractivity contribution in [1.29, 1.82) is 0 Å². The summed E-state index contributed by atoms with van der Waals surface area (Å²) >= 11 is 0. The molecule has 0 bridgehead atoms. The number of carbonyl (C=O) groups excluding carboxylic acids is 1. The number of amides is 1. The van der Waals surface area contributed by atoms with E-state index in [9.17, 15) is 4.79 Å². The van der Waals surface area contributed by atoms with E-state index in [2.05, 4.69) is 12.1 Å². The molecular formula is C12H15NO2. The zero-order chi connectivity index (χ0) is 10.9. The fourth-order valence-corrected chi connectivity index (χ4v) is 2.12. The van der Waals surface area contributed by atoms with E-state index in [0.29, 0.717) is 0 Å². The number of carbonyl (C=O) groups is 1. The minimum atomic E-state index is -0.410. The molecule has 1 aliphatic carbocycles. The van der Waals surface area contributed by atoms with Crippen LogP contribution in [0, 0.1) is 0 Å². The lowest BCUT2D eigenvalue weighted by atomic mass is 10.0. The van der Waals surface area contributed by atoms with Gasteiger partial charge in [0.25, 0.3) is 0 Å². The van der Waals surface area contributed by atoms with Crippen molar-refractivity contribution in [3.05, 3.63) is 35.4 Å². The Morgan fingerprint density at radius 3 is 2.40 bits per heavy atom. The van der Waals surface area contributed by atoms with Crippen molar-refractivity contribution in [2.75, 3.05) is 6.61 Å². The van der Waals surface area contributed by atoms with Crippen LogP contribution in [0.15, 0.2) is 24.3 Å². The third-order valence-electron chi connectivity index (χ3n) is 2.81. The number of primary amides is 1. The van der Waals surface area contributed by atoms with Crippen LogP contribution < -0.4 is 5.73 Å². The lowest BCUT2D eigenvalue weighted by molar-refractivity contribution is -0.128. The van der Waals surface area contributed by atoms with Crippen molar-refractivity contribution in [3.8, 4) is 0 Å². The fraction of sp³-hybridized carbons (Fsp3) is 0.417. The van der Waals surface area contributed by atoms with Crippen LogP contribution in [-0.2, 0) is 22.4 Å². The SMILES string of the molecule is CC1(OCC(N)=O)Cc2ccccc2C1. The highest BCUT2D eigenvalue weighted by Gasteiger charge is 2.33. The molecule has 0 fully saturated rings. The van der Waals surface area contributed by atoms with E-state index in [1.807, 2.05) is 19.1 Å². The number of nitrogens with two attached hydrogens (primary N) is 1. The second-order valence-electron chi connectivity index (χ2n) is 4.33. The molecule has 1 amide bonds. The third-order valence-corrected chi connectivity index (χ3v) is 2.81. The molecule has 0 unspecified atom stereocenters. The molecular weight excluding hydrogens is 190 g/mol. The summed E-state index contributed by atoms with van der Waals surface area (Å²) in [5.74, 6) is -0.410. The Bertz CT molecular complexity index is 362. The van der Waals surface area contributed by atoms with E-state index in [1.54, 1.807) is 0 Å². The van der Waals surface area contributed by atoms with Gasteiger partial charge in [-0.3, -0.25) is 4.79 Å². The lowest BCUT2D eigenvalue weighted by Crippen LogP contribution is -2.33. The maximum absolute atomic E-state index is 10.7. The summed E-state index contributed by atoms with van der Waals surface area (Å²) in [5, 5.41) is 0. The van der Waals surface area contributed by atoms with E-state index in [0.717, 1.165) is 12.8 Å². The molecule has 0 saturated carbocycles. The summed E-state index contributed by atoms with van der Waals surface area (Å²) in [5.41, 5.74) is 7.42. The first-order chi connectivity index (χ1) is 7.09. The van der Waals surface area contributed by atoms with Crippen LogP contribution in [-0.4, -0.2) is 18.1 Å². The van der Waals surface area contributed by atoms with Gasteiger partial charge in [0, 0.05) is 12.8 Å². The number of rotatable bonds is 3. The Labute approximate surface area is 89.2 Å². The first-order valence-electron chi connectivity index (χ1n) is 5.08. The molecule has 1 aromatic rings. The van der Waals surface area contributed by atoms with Crippen LogP contribution in [0.1, 0.15) is 18.1 Å². The lowest BCUT2D eigenvalue weighted by Gasteiger charge is -2.23. The molecule has 0 atom stereocenters. The monoisotopic (exact) mass is 205 g/mol. The summed E-state index contributed by atoms with van der Waals surface area (Å²) in [6.45, 7) is 2.03. The molecule has 80 valence electrons. The Morgan fingerprint density at radius 2 is 1.93 bits per heavy atom. The standard InChI is InChI=1S/C12H15NO2/c1-12(15-8-11(13)14)6-9-4-2-3-5-10(9)7-12/h2-5H,6-8H2,1H3,(H2,13,14). The molecule has 0 radical (unpaired) electrons. The second-order valence-corrected chi connectivity index (χ2v) is 4.33. The minimum absolute atomic E-state index is 0.00445. The maximum atomic E-state index is 10.7. The van der Waals surface area contributed by atoms with Gasteiger partial charge in [-0.1, -0.05) is 24.3 Å². The van der Waals surface area contributed by atoms with Gasteiger partial charge < -0.3 is 10.5 Å². The molecule has 0 spiro atoms. The first kappa shape index (κ1) is 10.2. The van der Waals surface area contributed by atoms with Crippen molar-refractivity contribution >= 4 is 5.91 Å². The van der Waals surface area contributed by atoms with Gasteiger partial charge in [-0.25, -0.2) is 0 Å². The van der Waals surface area contributed by atoms with Gasteiger partial charge in [0.1, 0.15) is 6.61 Å². The zero-order valence-corrected chi connectivity index (χ0v) is 8.82. The van der Waals surface area contributed by atoms with E-state index in [-0.39, 0.29) is 12.2 Å². The van der Waals surface area contributed by atoms with Crippen LogP contribution in [0.5, 0.6) is 0 Å². The van der Waals surface area contributed by atoms with Crippen LogP contribution in [0.4, 0.5) is 0 Å². The molecule has 1 aliphatic rings. The Morgan fingerprint density at radius 1 is 1.40 bits per heavy atom. The highest BCUT2D eigenvalue weighted by molar-refractivity contribution is 5.75. The van der Waals surface area contributed by atoms with Gasteiger partial charge in [-0.15, -0.1) is 0 Å². The quantitative estimate of drug-likeness (QED) is 0.801. The smallest absolute Gasteiger partial charge is 0.243 e. The van der Waals surface area contributed by atoms with E-state index in [4.69, 9.17) is 10.5 Å². The van der Waals surface area contributed by atoms with Gasteiger partial charge in [0.2, 0.25) is 5.91 Å². The average molecular weight is 205 g/mol. The largest absolute Gasteiger partial charge is 0.368 e. The van der Waals surface area contributed by atoms with Gasteiger partial charge in [-0.2, -0.15) is 0 Å². The molecule has 2 rings (SSSR count). The Balaban J connectivity index is 2.07. The summed E-state index contributed by atoms with van der Waals surface area (Å²) in [4.78, 5) is 10.7. The molecule has 0 aromatic heterocycles. The minimum Gasteiger partial charge on any atom is -0.368 e. The van der Waals surface area contributed by atoms with Gasteiger partial charge >= 0.3 is 0 Å². The number of hydrogen-bond acceptors (Lipinski definition) is 2. The average Bonchev–Trinajstić information content (AvgIpc) is 2.52. The van der Waals surface area contributed by atoms with Gasteiger partial charge in [0.15, 0.2) is 0 Å². The van der Waals surface area contributed by atoms with Gasteiger partial charge in [-0.05, 0) is 18.1 Å². The van der Waals surface area contributed by atoms with Gasteiger partial charge in [0.05, 0.1) is 5.60 Å². The fourth-order valence-electron chi connectivity index (χ4n) is 2.12. The number of ether oxygens (including phenoxy) is 1. The highest BCUT2D eigenvalue weighted by Crippen LogP contribution is 2.32. The van der Waals surface area contributed by atoms with Crippen LogP contribution in [0.3, 0.4) is 0 Å². The number of benzene rings is 1. The van der Waals surface area contributed by atoms with Crippen molar-refractivity contribution < 1.29 is 9.53 Å². The summed E-state index contributed by atoms with van der Waals surface area (Å²) in [6, 6.07) is 8.26. The number of hydrogen-bond donors (Lipinski definition) is 1. The topological polar surface area (TPSA) is 52.3 Å². The van der Waals surface area contributed by atoms with E-state index >= 15 is 0 Å².